The standard InChI is InChI=1S/C9H15NO/c1-8(2)9(3)5-6(9)7(10-8)11-4/h6H,5H2,1-4H3/t6-,9+/m0/s1. The van der Waals surface area contributed by atoms with E-state index < -0.39 is 0 Å². The number of rotatable bonds is 0. The molecule has 2 nitrogen and oxygen atoms in total. The van der Waals surface area contributed by atoms with Crippen LogP contribution < -0.4 is 0 Å². The van der Waals surface area contributed by atoms with Crippen molar-refractivity contribution in [1.82, 2.24) is 0 Å². The molecule has 0 spiro atoms. The second-order valence-electron chi connectivity index (χ2n) is 4.39. The number of nitrogens with zero attached hydrogens (tertiary/aromatic N) is 1. The molecule has 0 radical (unpaired) electrons. The van der Waals surface area contributed by atoms with Crippen LogP contribution in [0.1, 0.15) is 27.2 Å². The maximum atomic E-state index is 5.22. The molecule has 1 aliphatic heterocycles. The number of hydrogen-bond acceptors (Lipinski definition) is 2. The Hall–Kier alpha value is -0.530. The maximum absolute atomic E-state index is 5.22. The van der Waals surface area contributed by atoms with Crippen molar-refractivity contribution in [2.24, 2.45) is 16.3 Å². The Morgan fingerprint density at radius 2 is 2.09 bits per heavy atom. The van der Waals surface area contributed by atoms with Crippen LogP contribution in [0.2, 0.25) is 0 Å². The summed E-state index contributed by atoms with van der Waals surface area (Å²) >= 11 is 0. The molecule has 0 aromatic carbocycles. The molecule has 1 fully saturated rings. The van der Waals surface area contributed by atoms with E-state index in [1.807, 2.05) is 0 Å². The molecule has 2 atom stereocenters. The highest BCUT2D eigenvalue weighted by Gasteiger charge is 2.66. The third kappa shape index (κ3) is 0.652. The Balaban J connectivity index is 2.33. The van der Waals surface area contributed by atoms with Crippen molar-refractivity contribution in [1.29, 1.82) is 0 Å². The lowest BCUT2D eigenvalue weighted by atomic mass is 9.87. The van der Waals surface area contributed by atoms with Gasteiger partial charge in [-0.15, -0.1) is 0 Å². The van der Waals surface area contributed by atoms with Crippen LogP contribution in [0.3, 0.4) is 0 Å². The third-order valence-corrected chi connectivity index (χ3v) is 3.53. The summed E-state index contributed by atoms with van der Waals surface area (Å²) in [5, 5.41) is 0. The lowest BCUT2D eigenvalue weighted by Gasteiger charge is -2.23. The zero-order valence-electron chi connectivity index (χ0n) is 7.64. The van der Waals surface area contributed by atoms with Crippen LogP contribution in [0.25, 0.3) is 0 Å². The first kappa shape index (κ1) is 7.14. The van der Waals surface area contributed by atoms with Crippen molar-refractivity contribution >= 4 is 5.90 Å². The lowest BCUT2D eigenvalue weighted by Crippen LogP contribution is -2.26. The van der Waals surface area contributed by atoms with Gasteiger partial charge < -0.3 is 4.74 Å². The Labute approximate surface area is 67.7 Å². The average molecular weight is 153 g/mol. The molecule has 2 rings (SSSR count). The first-order valence-electron chi connectivity index (χ1n) is 4.15. The van der Waals surface area contributed by atoms with Crippen LogP contribution in [-0.2, 0) is 4.74 Å². The third-order valence-electron chi connectivity index (χ3n) is 3.53. The lowest BCUT2D eigenvalue weighted by molar-refractivity contribution is 0.334. The first-order valence-corrected chi connectivity index (χ1v) is 4.15. The van der Waals surface area contributed by atoms with Gasteiger partial charge in [0.15, 0.2) is 5.90 Å². The van der Waals surface area contributed by atoms with Crippen LogP contribution in [0, 0.1) is 11.3 Å². The van der Waals surface area contributed by atoms with Crippen LogP contribution >= 0.6 is 0 Å². The summed E-state index contributed by atoms with van der Waals surface area (Å²) in [5.74, 6) is 1.58. The Bertz CT molecular complexity index is 232. The minimum Gasteiger partial charge on any atom is -0.484 e. The van der Waals surface area contributed by atoms with Crippen molar-refractivity contribution in [2.75, 3.05) is 7.11 Å². The van der Waals surface area contributed by atoms with E-state index in [9.17, 15) is 0 Å². The highest BCUT2D eigenvalue weighted by atomic mass is 16.5. The number of fused-ring (bicyclic) bond motifs is 1. The molecule has 11 heavy (non-hydrogen) atoms. The summed E-state index contributed by atoms with van der Waals surface area (Å²) in [5.41, 5.74) is 0.501. The molecular formula is C9H15NO. The van der Waals surface area contributed by atoms with E-state index in [0.717, 1.165) is 5.90 Å². The number of hydrogen-bond donors (Lipinski definition) is 0. The average Bonchev–Trinajstić information content (AvgIpc) is 2.54. The molecule has 0 aromatic heterocycles. The number of aliphatic imine (C=N–C) groups is 1. The summed E-state index contributed by atoms with van der Waals surface area (Å²) in [6.07, 6.45) is 1.26. The summed E-state index contributed by atoms with van der Waals surface area (Å²) in [6.45, 7) is 6.69. The summed E-state index contributed by atoms with van der Waals surface area (Å²) < 4.78 is 5.22. The van der Waals surface area contributed by atoms with Crippen LogP contribution in [0.5, 0.6) is 0 Å². The fourth-order valence-electron chi connectivity index (χ4n) is 2.07. The minimum absolute atomic E-state index is 0.100. The second-order valence-corrected chi connectivity index (χ2v) is 4.39. The molecule has 0 N–H and O–H groups in total. The normalized spacial score (nSPS) is 44.7. The quantitative estimate of drug-likeness (QED) is 0.520. The molecule has 2 aliphatic rings. The Morgan fingerprint density at radius 3 is 2.27 bits per heavy atom. The second kappa shape index (κ2) is 1.62. The highest BCUT2D eigenvalue weighted by molar-refractivity contribution is 5.86. The Kier molecular flexibility index (Phi) is 1.05. The van der Waals surface area contributed by atoms with E-state index in [4.69, 9.17) is 4.74 Å². The topological polar surface area (TPSA) is 21.6 Å². The van der Waals surface area contributed by atoms with Gasteiger partial charge >= 0.3 is 0 Å². The molecule has 1 saturated carbocycles. The van der Waals surface area contributed by atoms with Crippen molar-refractivity contribution in [3.63, 3.8) is 0 Å². The zero-order chi connectivity index (χ0) is 8.28. The number of ether oxygens (including phenoxy) is 1. The Morgan fingerprint density at radius 1 is 1.45 bits per heavy atom. The van der Waals surface area contributed by atoms with Gasteiger partial charge in [-0.25, -0.2) is 4.99 Å². The molecule has 1 aliphatic carbocycles. The van der Waals surface area contributed by atoms with E-state index in [1.165, 1.54) is 6.42 Å². The summed E-state index contributed by atoms with van der Waals surface area (Å²) in [6, 6.07) is 0. The molecule has 62 valence electrons. The fourth-order valence-corrected chi connectivity index (χ4v) is 2.07. The maximum Gasteiger partial charge on any atom is 0.187 e. The minimum atomic E-state index is 0.100. The van der Waals surface area contributed by atoms with Crippen molar-refractivity contribution in [3.05, 3.63) is 0 Å². The van der Waals surface area contributed by atoms with Crippen LogP contribution in [-0.4, -0.2) is 18.5 Å². The zero-order valence-corrected chi connectivity index (χ0v) is 7.64. The van der Waals surface area contributed by atoms with Gasteiger partial charge in [-0.05, 0) is 20.3 Å². The van der Waals surface area contributed by atoms with Gasteiger partial charge in [-0.3, -0.25) is 0 Å². The molecule has 0 saturated heterocycles. The van der Waals surface area contributed by atoms with Gasteiger partial charge in [0.2, 0.25) is 0 Å². The van der Waals surface area contributed by atoms with Gasteiger partial charge in [0.05, 0.1) is 12.6 Å². The monoisotopic (exact) mass is 153 g/mol. The van der Waals surface area contributed by atoms with Gasteiger partial charge in [0.25, 0.3) is 0 Å². The van der Waals surface area contributed by atoms with Crippen LogP contribution in [0.4, 0.5) is 0 Å². The molecule has 1 heterocycles. The van der Waals surface area contributed by atoms with Gasteiger partial charge in [-0.1, -0.05) is 6.92 Å². The molecule has 2 heteroatoms. The SMILES string of the molecule is COC1=NC(C)(C)[C@]2(C)C[C@@H]12. The molecule has 0 amide bonds. The van der Waals surface area contributed by atoms with E-state index in [0.29, 0.717) is 11.3 Å². The van der Waals surface area contributed by atoms with E-state index in [2.05, 4.69) is 25.8 Å². The van der Waals surface area contributed by atoms with E-state index in [-0.39, 0.29) is 5.54 Å². The molecule has 0 bridgehead atoms. The summed E-state index contributed by atoms with van der Waals surface area (Å²) in [7, 11) is 1.72. The molecular weight excluding hydrogens is 138 g/mol. The van der Waals surface area contributed by atoms with Crippen molar-refractivity contribution < 1.29 is 4.74 Å². The van der Waals surface area contributed by atoms with Gasteiger partial charge in [-0.2, -0.15) is 0 Å². The predicted octanol–water partition coefficient (Wildman–Crippen LogP) is 1.85. The van der Waals surface area contributed by atoms with Crippen molar-refractivity contribution in [2.45, 2.75) is 32.7 Å². The molecule has 0 unspecified atom stereocenters. The van der Waals surface area contributed by atoms with E-state index >= 15 is 0 Å². The van der Waals surface area contributed by atoms with Crippen molar-refractivity contribution in [3.8, 4) is 0 Å². The molecule has 0 aromatic rings. The van der Waals surface area contributed by atoms with Gasteiger partial charge in [0, 0.05) is 11.3 Å². The first-order chi connectivity index (χ1) is 5.01. The highest BCUT2D eigenvalue weighted by Crippen LogP contribution is 2.65. The smallest absolute Gasteiger partial charge is 0.187 e. The van der Waals surface area contributed by atoms with E-state index in [1.54, 1.807) is 7.11 Å². The van der Waals surface area contributed by atoms with Gasteiger partial charge in [0.1, 0.15) is 0 Å². The number of methoxy groups -OCH3 is 1. The van der Waals surface area contributed by atoms with Crippen LogP contribution in [0.15, 0.2) is 4.99 Å². The predicted molar refractivity (Wildman–Crippen MR) is 44.7 cm³/mol. The summed E-state index contributed by atoms with van der Waals surface area (Å²) in [4.78, 5) is 4.54. The largest absolute Gasteiger partial charge is 0.484 e. The fraction of sp³-hybridized carbons (Fsp3) is 0.889.